The molecule has 126 valence electrons. The van der Waals surface area contributed by atoms with Gasteiger partial charge in [-0.05, 0) is 13.8 Å². The molecule has 0 bridgehead atoms. The standard InChI is InChI=1S/C14H25N3O5/c1-10-5-16(8-13(18)19)12(7-17(10)14(20)21)6-15-3-4-22-9-11(15)2/h10-12H,3-9H2,1-2H3,(H,18,19)(H,20,21)/t10-,11?,12+/m1/s1. The number of carbonyl (C=O) groups is 2. The summed E-state index contributed by atoms with van der Waals surface area (Å²) in [6, 6.07) is -0.0442. The van der Waals surface area contributed by atoms with Crippen molar-refractivity contribution in [1.82, 2.24) is 14.7 Å². The molecule has 8 heteroatoms. The van der Waals surface area contributed by atoms with Crippen LogP contribution in [0.5, 0.6) is 0 Å². The lowest BCUT2D eigenvalue weighted by Gasteiger charge is -2.46. The molecule has 2 fully saturated rings. The molecule has 0 aromatic carbocycles. The average molecular weight is 315 g/mol. The van der Waals surface area contributed by atoms with Crippen LogP contribution in [-0.4, -0.2) is 101 Å². The summed E-state index contributed by atoms with van der Waals surface area (Å²) in [5.41, 5.74) is 0. The third-order valence-electron chi connectivity index (χ3n) is 4.49. The van der Waals surface area contributed by atoms with E-state index in [1.165, 1.54) is 4.90 Å². The van der Waals surface area contributed by atoms with Gasteiger partial charge >= 0.3 is 12.1 Å². The minimum atomic E-state index is -0.942. The summed E-state index contributed by atoms with van der Waals surface area (Å²) in [5.74, 6) is -0.879. The van der Waals surface area contributed by atoms with Crippen molar-refractivity contribution in [2.24, 2.45) is 0 Å². The Morgan fingerprint density at radius 2 is 1.86 bits per heavy atom. The number of morpholine rings is 1. The van der Waals surface area contributed by atoms with Crippen LogP contribution in [0.25, 0.3) is 0 Å². The Morgan fingerprint density at radius 1 is 1.14 bits per heavy atom. The molecule has 2 N–H and O–H groups in total. The van der Waals surface area contributed by atoms with Gasteiger partial charge in [0.15, 0.2) is 0 Å². The topological polar surface area (TPSA) is 93.6 Å². The Balaban J connectivity index is 2.07. The number of piperazine rings is 1. The Labute approximate surface area is 130 Å². The number of amides is 1. The van der Waals surface area contributed by atoms with E-state index >= 15 is 0 Å². The summed E-state index contributed by atoms with van der Waals surface area (Å²) < 4.78 is 5.42. The van der Waals surface area contributed by atoms with Gasteiger partial charge in [0.2, 0.25) is 0 Å². The van der Waals surface area contributed by atoms with Crippen molar-refractivity contribution in [3.63, 3.8) is 0 Å². The zero-order valence-corrected chi connectivity index (χ0v) is 13.1. The van der Waals surface area contributed by atoms with E-state index < -0.39 is 12.1 Å². The summed E-state index contributed by atoms with van der Waals surface area (Å²) in [6.07, 6.45) is -0.942. The molecule has 0 spiro atoms. The van der Waals surface area contributed by atoms with E-state index in [1.54, 1.807) is 0 Å². The lowest BCUT2D eigenvalue weighted by Crippen LogP contribution is -2.63. The van der Waals surface area contributed by atoms with E-state index in [0.717, 1.165) is 6.54 Å². The van der Waals surface area contributed by atoms with Gasteiger partial charge in [-0.1, -0.05) is 0 Å². The molecule has 0 aliphatic carbocycles. The second-order valence-electron chi connectivity index (χ2n) is 6.18. The molecule has 2 rings (SSSR count). The number of carboxylic acids is 1. The maximum Gasteiger partial charge on any atom is 0.407 e. The monoisotopic (exact) mass is 315 g/mol. The Kier molecular flexibility index (Phi) is 5.60. The van der Waals surface area contributed by atoms with Crippen molar-refractivity contribution >= 4 is 12.1 Å². The first-order valence-electron chi connectivity index (χ1n) is 7.65. The van der Waals surface area contributed by atoms with Gasteiger partial charge in [0.1, 0.15) is 0 Å². The maximum atomic E-state index is 11.4. The van der Waals surface area contributed by atoms with Crippen LogP contribution in [0, 0.1) is 0 Å². The molecule has 1 amide bonds. The average Bonchev–Trinajstić information content (AvgIpc) is 2.42. The molecule has 1 unspecified atom stereocenters. The summed E-state index contributed by atoms with van der Waals surface area (Å²) >= 11 is 0. The van der Waals surface area contributed by atoms with Crippen molar-refractivity contribution in [1.29, 1.82) is 0 Å². The van der Waals surface area contributed by atoms with Gasteiger partial charge < -0.3 is 19.8 Å². The fourth-order valence-electron chi connectivity index (χ4n) is 3.22. The normalized spacial score (nSPS) is 31.2. The number of carboxylic acid groups (broad SMARTS) is 2. The smallest absolute Gasteiger partial charge is 0.407 e. The van der Waals surface area contributed by atoms with Crippen LogP contribution in [0.3, 0.4) is 0 Å². The van der Waals surface area contributed by atoms with Gasteiger partial charge in [-0.25, -0.2) is 4.79 Å². The highest BCUT2D eigenvalue weighted by Gasteiger charge is 2.36. The highest BCUT2D eigenvalue weighted by molar-refractivity contribution is 5.69. The van der Waals surface area contributed by atoms with Crippen molar-refractivity contribution in [2.45, 2.75) is 32.0 Å². The van der Waals surface area contributed by atoms with Crippen molar-refractivity contribution in [3.8, 4) is 0 Å². The first-order valence-corrected chi connectivity index (χ1v) is 7.65. The van der Waals surface area contributed by atoms with E-state index in [0.29, 0.717) is 32.8 Å². The van der Waals surface area contributed by atoms with E-state index in [9.17, 15) is 14.7 Å². The van der Waals surface area contributed by atoms with Crippen molar-refractivity contribution in [3.05, 3.63) is 0 Å². The second-order valence-corrected chi connectivity index (χ2v) is 6.18. The van der Waals surface area contributed by atoms with Gasteiger partial charge in [-0.2, -0.15) is 0 Å². The second kappa shape index (κ2) is 7.26. The van der Waals surface area contributed by atoms with Crippen molar-refractivity contribution in [2.75, 3.05) is 45.9 Å². The molecular formula is C14H25N3O5. The van der Waals surface area contributed by atoms with Crippen molar-refractivity contribution < 1.29 is 24.5 Å². The van der Waals surface area contributed by atoms with Crippen LogP contribution in [0.15, 0.2) is 0 Å². The molecular weight excluding hydrogens is 290 g/mol. The summed E-state index contributed by atoms with van der Waals surface area (Å²) in [5, 5.41) is 18.4. The number of aliphatic carboxylic acids is 1. The largest absolute Gasteiger partial charge is 0.480 e. The van der Waals surface area contributed by atoms with Gasteiger partial charge in [0, 0.05) is 44.3 Å². The SMILES string of the molecule is CC1COCCN1C[C@H]1CN(C(=O)O)[C@H](C)CN1CC(=O)O. The van der Waals surface area contributed by atoms with E-state index in [2.05, 4.69) is 11.8 Å². The molecule has 0 aromatic heterocycles. The Hall–Kier alpha value is -1.38. The summed E-state index contributed by atoms with van der Waals surface area (Å²) in [7, 11) is 0. The molecule has 2 aliphatic rings. The molecule has 0 radical (unpaired) electrons. The number of rotatable bonds is 4. The molecule has 8 nitrogen and oxygen atoms in total. The van der Waals surface area contributed by atoms with Crippen LogP contribution >= 0.6 is 0 Å². The molecule has 3 atom stereocenters. The lowest BCUT2D eigenvalue weighted by atomic mass is 10.1. The van der Waals surface area contributed by atoms with Gasteiger partial charge in [0.05, 0.1) is 19.8 Å². The number of nitrogens with zero attached hydrogens (tertiary/aromatic N) is 3. The first-order chi connectivity index (χ1) is 10.4. The van der Waals surface area contributed by atoms with Gasteiger partial charge in [-0.3, -0.25) is 14.6 Å². The predicted octanol–water partition coefficient (Wildman–Crippen LogP) is -0.156. The molecule has 2 heterocycles. The van der Waals surface area contributed by atoms with Gasteiger partial charge in [-0.15, -0.1) is 0 Å². The third-order valence-corrected chi connectivity index (χ3v) is 4.49. The highest BCUT2D eigenvalue weighted by Crippen LogP contribution is 2.18. The van der Waals surface area contributed by atoms with Gasteiger partial charge in [0.25, 0.3) is 0 Å². The van der Waals surface area contributed by atoms with Crippen LogP contribution in [0.1, 0.15) is 13.8 Å². The first kappa shape index (κ1) is 17.0. The quantitative estimate of drug-likeness (QED) is 0.745. The minimum absolute atomic E-state index is 0.0544. The molecule has 0 aromatic rings. The zero-order chi connectivity index (χ0) is 16.3. The van der Waals surface area contributed by atoms with Crippen LogP contribution in [0.4, 0.5) is 4.79 Å². The number of ether oxygens (including phenoxy) is 1. The number of hydrogen-bond donors (Lipinski definition) is 2. The van der Waals surface area contributed by atoms with Crippen LogP contribution < -0.4 is 0 Å². The molecule has 2 aliphatic heterocycles. The highest BCUT2D eigenvalue weighted by atomic mass is 16.5. The van der Waals surface area contributed by atoms with E-state index in [1.807, 2.05) is 11.8 Å². The Bertz CT molecular complexity index is 419. The minimum Gasteiger partial charge on any atom is -0.480 e. The molecule has 22 heavy (non-hydrogen) atoms. The van der Waals surface area contributed by atoms with Crippen LogP contribution in [-0.2, 0) is 9.53 Å². The summed E-state index contributed by atoms with van der Waals surface area (Å²) in [6.45, 7) is 7.39. The predicted molar refractivity (Wildman–Crippen MR) is 79.0 cm³/mol. The Morgan fingerprint density at radius 3 is 2.45 bits per heavy atom. The van der Waals surface area contributed by atoms with E-state index in [-0.39, 0.29) is 24.7 Å². The van der Waals surface area contributed by atoms with E-state index in [4.69, 9.17) is 9.84 Å². The third kappa shape index (κ3) is 4.08. The lowest BCUT2D eigenvalue weighted by molar-refractivity contribution is -0.140. The summed E-state index contributed by atoms with van der Waals surface area (Å²) in [4.78, 5) is 28.0. The maximum absolute atomic E-state index is 11.4. The zero-order valence-electron chi connectivity index (χ0n) is 13.1. The van der Waals surface area contributed by atoms with Crippen LogP contribution in [0.2, 0.25) is 0 Å². The molecule has 0 saturated carbocycles. The fraction of sp³-hybridized carbons (Fsp3) is 0.857. The number of hydrogen-bond acceptors (Lipinski definition) is 5. The fourth-order valence-corrected chi connectivity index (χ4v) is 3.22. The molecule has 2 saturated heterocycles.